The fraction of sp³-hybridized carbons (Fsp3) is 0.316. The van der Waals surface area contributed by atoms with Crippen LogP contribution >= 0.6 is 0 Å². The van der Waals surface area contributed by atoms with Crippen molar-refractivity contribution in [3.8, 4) is 0 Å². The molecule has 0 amide bonds. The van der Waals surface area contributed by atoms with Gasteiger partial charge in [0.15, 0.2) is 0 Å². The molecule has 0 atom stereocenters. The number of hydrazone groups is 1. The van der Waals surface area contributed by atoms with Crippen LogP contribution in [0.3, 0.4) is 0 Å². The first-order valence-corrected chi connectivity index (χ1v) is 8.04. The Morgan fingerprint density at radius 3 is 2.18 bits per heavy atom. The fourth-order valence-electron chi connectivity index (χ4n) is 2.92. The van der Waals surface area contributed by atoms with Crippen LogP contribution in [-0.4, -0.2) is 36.9 Å². The van der Waals surface area contributed by atoms with Crippen molar-refractivity contribution in [1.82, 2.24) is 5.01 Å². The zero-order chi connectivity index (χ0) is 15.2. The molecule has 1 aliphatic rings. The van der Waals surface area contributed by atoms with Crippen molar-refractivity contribution in [1.29, 1.82) is 0 Å². The lowest BCUT2D eigenvalue weighted by Gasteiger charge is -2.31. The molecule has 1 N–H and O–H groups in total. The standard InChI is InChI=1S/C19H23N3/c1-17(19-10-6-3-7-11-19)20-22-14-12-21(13-15-22)16-18-8-4-2-5-9-18/h2-11H,12-16H2,1H3/p+1/b20-17+. The molecule has 1 fully saturated rings. The molecule has 22 heavy (non-hydrogen) atoms. The Balaban J connectivity index is 1.53. The third-order valence-electron chi connectivity index (χ3n) is 4.23. The summed E-state index contributed by atoms with van der Waals surface area (Å²) in [5.41, 5.74) is 3.74. The van der Waals surface area contributed by atoms with Gasteiger partial charge in [-0.15, -0.1) is 0 Å². The van der Waals surface area contributed by atoms with Gasteiger partial charge >= 0.3 is 0 Å². The molecule has 1 saturated heterocycles. The van der Waals surface area contributed by atoms with E-state index in [-0.39, 0.29) is 0 Å². The zero-order valence-electron chi connectivity index (χ0n) is 13.2. The molecule has 3 heteroatoms. The van der Waals surface area contributed by atoms with Crippen LogP contribution in [-0.2, 0) is 6.54 Å². The second-order valence-electron chi connectivity index (χ2n) is 5.92. The average Bonchev–Trinajstić information content (AvgIpc) is 2.58. The molecule has 1 heterocycles. The molecule has 2 aromatic rings. The number of rotatable bonds is 4. The molecule has 0 spiro atoms. The average molecular weight is 294 g/mol. The van der Waals surface area contributed by atoms with Gasteiger partial charge in [0.25, 0.3) is 0 Å². The van der Waals surface area contributed by atoms with E-state index in [2.05, 4.69) is 66.5 Å². The molecule has 3 nitrogen and oxygen atoms in total. The third-order valence-corrected chi connectivity index (χ3v) is 4.23. The van der Waals surface area contributed by atoms with Gasteiger partial charge in [-0.1, -0.05) is 60.7 Å². The number of hydrogen-bond acceptors (Lipinski definition) is 2. The number of nitrogens with zero attached hydrogens (tertiary/aromatic N) is 2. The van der Waals surface area contributed by atoms with Crippen molar-refractivity contribution in [2.45, 2.75) is 13.5 Å². The molecule has 3 rings (SSSR count). The van der Waals surface area contributed by atoms with Gasteiger partial charge in [0.1, 0.15) is 6.54 Å². The lowest BCUT2D eigenvalue weighted by atomic mass is 10.1. The maximum Gasteiger partial charge on any atom is 0.103 e. The predicted octanol–water partition coefficient (Wildman–Crippen LogP) is 1.81. The van der Waals surface area contributed by atoms with E-state index in [1.165, 1.54) is 11.1 Å². The summed E-state index contributed by atoms with van der Waals surface area (Å²) in [6.07, 6.45) is 0. The van der Waals surface area contributed by atoms with Crippen LogP contribution in [0, 0.1) is 0 Å². The quantitative estimate of drug-likeness (QED) is 0.853. The van der Waals surface area contributed by atoms with Crippen molar-refractivity contribution in [2.24, 2.45) is 5.10 Å². The molecule has 0 aromatic heterocycles. The highest BCUT2D eigenvalue weighted by Crippen LogP contribution is 2.03. The van der Waals surface area contributed by atoms with Gasteiger partial charge in [-0.2, -0.15) is 5.10 Å². The van der Waals surface area contributed by atoms with Crippen LogP contribution in [0.15, 0.2) is 65.8 Å². The highest BCUT2D eigenvalue weighted by Gasteiger charge is 2.19. The van der Waals surface area contributed by atoms with Gasteiger partial charge < -0.3 is 4.90 Å². The SMILES string of the molecule is C/C(=N\N1CC[NH+](Cc2ccccc2)CC1)c1ccccc1. The Hall–Kier alpha value is -2.13. The number of piperazine rings is 1. The third kappa shape index (κ3) is 3.95. The van der Waals surface area contributed by atoms with E-state index < -0.39 is 0 Å². The first kappa shape index (κ1) is 14.8. The van der Waals surface area contributed by atoms with E-state index in [4.69, 9.17) is 5.10 Å². The van der Waals surface area contributed by atoms with Crippen LogP contribution < -0.4 is 4.90 Å². The predicted molar refractivity (Wildman–Crippen MR) is 91.1 cm³/mol. The second kappa shape index (κ2) is 7.23. The molecule has 0 aliphatic carbocycles. The summed E-state index contributed by atoms with van der Waals surface area (Å²) < 4.78 is 0. The molecule has 0 unspecified atom stereocenters. The Kier molecular flexibility index (Phi) is 4.86. The van der Waals surface area contributed by atoms with Gasteiger partial charge in [0, 0.05) is 5.56 Å². The van der Waals surface area contributed by atoms with E-state index in [0.29, 0.717) is 0 Å². The van der Waals surface area contributed by atoms with Crippen LogP contribution in [0.5, 0.6) is 0 Å². The maximum absolute atomic E-state index is 4.78. The summed E-state index contributed by atoms with van der Waals surface area (Å²) in [6, 6.07) is 21.2. The molecule has 2 aromatic carbocycles. The molecule has 0 saturated carbocycles. The van der Waals surface area contributed by atoms with Crippen molar-refractivity contribution < 1.29 is 4.90 Å². The van der Waals surface area contributed by atoms with E-state index >= 15 is 0 Å². The molecule has 114 valence electrons. The molecular formula is C19H24N3+. The minimum atomic E-state index is 1.03. The molecule has 1 aliphatic heterocycles. The first-order valence-electron chi connectivity index (χ1n) is 8.04. The molecule has 0 bridgehead atoms. The fourth-order valence-corrected chi connectivity index (χ4v) is 2.92. The Morgan fingerprint density at radius 1 is 0.955 bits per heavy atom. The smallest absolute Gasteiger partial charge is 0.103 e. The zero-order valence-corrected chi connectivity index (χ0v) is 13.2. The number of benzene rings is 2. The maximum atomic E-state index is 4.78. The van der Waals surface area contributed by atoms with E-state index in [1.54, 1.807) is 4.90 Å². The lowest BCUT2D eigenvalue weighted by molar-refractivity contribution is -0.918. The Bertz CT molecular complexity index is 599. The first-order chi connectivity index (χ1) is 10.8. The monoisotopic (exact) mass is 294 g/mol. The summed E-state index contributed by atoms with van der Waals surface area (Å²) in [5, 5.41) is 7.00. The van der Waals surface area contributed by atoms with Crippen molar-refractivity contribution in [3.63, 3.8) is 0 Å². The van der Waals surface area contributed by atoms with Crippen LogP contribution in [0.4, 0.5) is 0 Å². The number of nitrogens with one attached hydrogen (secondary N) is 1. The van der Waals surface area contributed by atoms with Gasteiger partial charge in [0.05, 0.1) is 31.9 Å². The summed E-state index contributed by atoms with van der Waals surface area (Å²) in [5.74, 6) is 0. The topological polar surface area (TPSA) is 20.0 Å². The molecular weight excluding hydrogens is 270 g/mol. The van der Waals surface area contributed by atoms with Gasteiger partial charge in [0.2, 0.25) is 0 Å². The Labute approximate surface area is 132 Å². The van der Waals surface area contributed by atoms with Gasteiger partial charge in [-0.05, 0) is 12.5 Å². The van der Waals surface area contributed by atoms with Crippen molar-refractivity contribution in [2.75, 3.05) is 26.2 Å². The van der Waals surface area contributed by atoms with Gasteiger partial charge in [-0.3, -0.25) is 5.01 Å². The molecule has 0 radical (unpaired) electrons. The van der Waals surface area contributed by atoms with E-state index in [9.17, 15) is 0 Å². The van der Waals surface area contributed by atoms with Crippen LogP contribution in [0.25, 0.3) is 0 Å². The van der Waals surface area contributed by atoms with Crippen molar-refractivity contribution in [3.05, 3.63) is 71.8 Å². The summed E-state index contributed by atoms with van der Waals surface area (Å²) in [7, 11) is 0. The Morgan fingerprint density at radius 2 is 1.55 bits per heavy atom. The van der Waals surface area contributed by atoms with E-state index in [1.807, 2.05) is 6.07 Å². The normalized spacial score (nSPS) is 16.8. The van der Waals surface area contributed by atoms with E-state index in [0.717, 1.165) is 38.4 Å². The summed E-state index contributed by atoms with van der Waals surface area (Å²) >= 11 is 0. The van der Waals surface area contributed by atoms with Crippen LogP contribution in [0.2, 0.25) is 0 Å². The van der Waals surface area contributed by atoms with Crippen LogP contribution in [0.1, 0.15) is 18.1 Å². The van der Waals surface area contributed by atoms with Crippen molar-refractivity contribution >= 4 is 5.71 Å². The highest BCUT2D eigenvalue weighted by molar-refractivity contribution is 5.98. The minimum absolute atomic E-state index is 1.03. The second-order valence-corrected chi connectivity index (χ2v) is 5.92. The lowest BCUT2D eigenvalue weighted by Crippen LogP contribution is -3.13. The highest BCUT2D eigenvalue weighted by atomic mass is 15.5. The summed E-state index contributed by atoms with van der Waals surface area (Å²) in [6.45, 7) is 7.59. The number of quaternary nitrogens is 1. The summed E-state index contributed by atoms with van der Waals surface area (Å²) in [4.78, 5) is 1.65. The largest absolute Gasteiger partial charge is 0.328 e. The minimum Gasteiger partial charge on any atom is -0.328 e. The van der Waals surface area contributed by atoms with Gasteiger partial charge in [-0.25, -0.2) is 0 Å². The number of hydrogen-bond donors (Lipinski definition) is 1.